The van der Waals surface area contributed by atoms with E-state index in [0.717, 1.165) is 5.56 Å². The molecule has 4 saturated heterocycles. The van der Waals surface area contributed by atoms with Gasteiger partial charge in [-0.2, -0.15) is 0 Å². The monoisotopic (exact) mass is 994 g/mol. The predicted octanol–water partition coefficient (Wildman–Crippen LogP) is 4.62. The zero-order valence-electron chi connectivity index (χ0n) is 42.9. The van der Waals surface area contributed by atoms with Crippen molar-refractivity contribution >= 4 is 29.8 Å². The molecule has 0 aliphatic carbocycles. The molecule has 0 unspecified atom stereocenters. The summed E-state index contributed by atoms with van der Waals surface area (Å²) in [5.41, 5.74) is -2.17. The Morgan fingerprint density at radius 3 is 1.70 bits per heavy atom. The molecule has 20 nitrogen and oxygen atoms in total. The molecular formula is C50H74O20. The number of carbonyl (C=O) groups excluding carboxylic acids is 5. The maximum absolute atomic E-state index is 13.5. The zero-order valence-corrected chi connectivity index (χ0v) is 42.9. The van der Waals surface area contributed by atoms with Crippen LogP contribution < -0.4 is 0 Å². The average molecular weight is 995 g/mol. The molecule has 0 amide bonds. The molecule has 4 aliphatic rings. The van der Waals surface area contributed by atoms with Gasteiger partial charge in [0.1, 0.15) is 62.0 Å². The number of rotatable bonds is 17. The van der Waals surface area contributed by atoms with Gasteiger partial charge in [-0.25, -0.2) is 0 Å². The van der Waals surface area contributed by atoms with E-state index in [1.807, 2.05) is 30.3 Å². The fraction of sp³-hybridized carbons (Fsp3) is 0.740. The number of ether oxygens (including phenoxy) is 14. The van der Waals surface area contributed by atoms with Crippen LogP contribution in [0.5, 0.6) is 0 Å². The van der Waals surface area contributed by atoms with Gasteiger partial charge in [-0.3, -0.25) is 24.0 Å². The van der Waals surface area contributed by atoms with Crippen LogP contribution in [0.25, 0.3) is 0 Å². The highest BCUT2D eigenvalue weighted by molar-refractivity contribution is 5.76. The first-order chi connectivity index (χ1) is 32.5. The van der Waals surface area contributed by atoms with Gasteiger partial charge in [0.25, 0.3) is 0 Å². The smallest absolute Gasteiger partial charge is 0.311 e. The number of aliphatic hydroxyl groups excluding tert-OH is 1. The van der Waals surface area contributed by atoms with Crippen LogP contribution in [0.2, 0.25) is 0 Å². The molecule has 15 atom stereocenters. The van der Waals surface area contributed by atoms with Crippen LogP contribution >= 0.6 is 0 Å². The Morgan fingerprint density at radius 1 is 0.629 bits per heavy atom. The SMILES string of the molecule is C=CCO[C@@H]1O[C@H](COC(=O)C(C)(C)C)[C@@H](O[C@@H]2O[C@H](COC(=O)C(C)(C)C)[C@@H]3OC(C)(C)O[C@@H]3[C@H]2O[C@@H]2O[C@@H](C)[C@@H](OC(C)=O)[C@@H](OC(C)=O)[C@@H]2OCc2ccccc2)[C@H](O)[C@H]1OC(=O)C(C)(C)C. The topological polar surface area (TPSA) is 235 Å². The van der Waals surface area contributed by atoms with Gasteiger partial charge in [-0.15, -0.1) is 6.58 Å². The molecule has 0 saturated carbocycles. The molecule has 70 heavy (non-hydrogen) atoms. The fourth-order valence-corrected chi connectivity index (χ4v) is 7.91. The first kappa shape index (κ1) is 56.8. The first-order valence-electron chi connectivity index (χ1n) is 23.6. The van der Waals surface area contributed by atoms with E-state index in [4.69, 9.17) is 66.3 Å². The van der Waals surface area contributed by atoms with Crippen LogP contribution in [0.3, 0.4) is 0 Å². The third-order valence-corrected chi connectivity index (χ3v) is 11.5. The standard InChI is InChI=1S/C50H74O20/c1-16-22-57-41-36(68-46(56)49(11,12)13)32(53)34(30(64-41)24-59-44(54)47(5,6)7)66-43-40(38-35(69-50(14,15)70-38)31(65-43)25-60-45(55)48(8,9)10)67-42-39(58-23-29-20-18-17-19-21-29)37(63-28(4)52)33(26(2)61-42)62-27(3)51/h16-21,26,30-43,53H,1,22-25H2,2-15H3/t26-,30+,31+,32-,33+,34+,35-,36+,37+,38-,39-,40+,41+,42-,43-/m0/s1. The number of aliphatic hydroxyl groups is 1. The molecule has 0 bridgehead atoms. The highest BCUT2D eigenvalue weighted by atomic mass is 16.8. The second kappa shape index (κ2) is 23.2. The van der Waals surface area contributed by atoms with E-state index in [2.05, 4.69) is 6.58 Å². The average Bonchev–Trinajstić information content (AvgIpc) is 3.59. The minimum Gasteiger partial charge on any atom is -0.462 e. The summed E-state index contributed by atoms with van der Waals surface area (Å²) in [6, 6.07) is 9.10. The number of fused-ring (bicyclic) bond motifs is 1. The van der Waals surface area contributed by atoms with E-state index in [1.165, 1.54) is 19.9 Å². The van der Waals surface area contributed by atoms with Crippen LogP contribution in [-0.4, -0.2) is 153 Å². The lowest BCUT2D eigenvalue weighted by molar-refractivity contribution is -0.383. The quantitative estimate of drug-likeness (QED) is 0.127. The predicted molar refractivity (Wildman–Crippen MR) is 244 cm³/mol. The van der Waals surface area contributed by atoms with Crippen molar-refractivity contribution in [2.75, 3.05) is 19.8 Å². The van der Waals surface area contributed by atoms with Gasteiger partial charge < -0.3 is 71.4 Å². The Hall–Kier alpha value is -4.09. The summed E-state index contributed by atoms with van der Waals surface area (Å²) in [6.07, 6.45) is -18.7. The zero-order chi connectivity index (χ0) is 52.1. The molecule has 1 N–H and O–H groups in total. The van der Waals surface area contributed by atoms with E-state index in [-0.39, 0.29) is 19.8 Å². The second-order valence-electron chi connectivity index (χ2n) is 21.4. The van der Waals surface area contributed by atoms with Gasteiger partial charge in [0.2, 0.25) is 0 Å². The van der Waals surface area contributed by atoms with Crippen molar-refractivity contribution in [3.63, 3.8) is 0 Å². The van der Waals surface area contributed by atoms with Gasteiger partial charge in [0.05, 0.1) is 35.6 Å². The van der Waals surface area contributed by atoms with Crippen LogP contribution in [0, 0.1) is 16.2 Å². The highest BCUT2D eigenvalue weighted by Crippen LogP contribution is 2.43. The summed E-state index contributed by atoms with van der Waals surface area (Å²) in [5, 5.41) is 12.4. The third-order valence-electron chi connectivity index (χ3n) is 11.5. The summed E-state index contributed by atoms with van der Waals surface area (Å²) >= 11 is 0. The van der Waals surface area contributed by atoms with E-state index in [1.54, 1.807) is 83.1 Å². The molecule has 0 radical (unpaired) electrons. The van der Waals surface area contributed by atoms with Crippen LogP contribution in [0.15, 0.2) is 43.0 Å². The van der Waals surface area contributed by atoms with Crippen molar-refractivity contribution in [1.82, 2.24) is 0 Å². The molecule has 394 valence electrons. The maximum Gasteiger partial charge on any atom is 0.311 e. The molecule has 1 aromatic rings. The van der Waals surface area contributed by atoms with Gasteiger partial charge in [0.15, 0.2) is 43.0 Å². The van der Waals surface area contributed by atoms with Crippen molar-refractivity contribution in [3.05, 3.63) is 48.6 Å². The Morgan fingerprint density at radius 2 is 1.14 bits per heavy atom. The summed E-state index contributed by atoms with van der Waals surface area (Å²) in [5.74, 6) is -4.55. The van der Waals surface area contributed by atoms with Crippen LogP contribution in [-0.2, 0) is 96.9 Å². The van der Waals surface area contributed by atoms with E-state index < -0.39 is 151 Å². The van der Waals surface area contributed by atoms with Crippen molar-refractivity contribution in [3.8, 4) is 0 Å². The van der Waals surface area contributed by atoms with E-state index in [9.17, 15) is 29.1 Å². The van der Waals surface area contributed by atoms with E-state index >= 15 is 0 Å². The van der Waals surface area contributed by atoms with Crippen molar-refractivity contribution in [2.24, 2.45) is 16.2 Å². The Balaban J connectivity index is 1.63. The number of hydrogen-bond acceptors (Lipinski definition) is 20. The molecular weight excluding hydrogens is 921 g/mol. The summed E-state index contributed by atoms with van der Waals surface area (Å²) < 4.78 is 87.6. The lowest BCUT2D eigenvalue weighted by Crippen LogP contribution is -2.67. The highest BCUT2D eigenvalue weighted by Gasteiger charge is 2.61. The largest absolute Gasteiger partial charge is 0.462 e. The lowest BCUT2D eigenvalue weighted by Gasteiger charge is -2.49. The third kappa shape index (κ3) is 14.8. The Labute approximate surface area is 410 Å². The normalized spacial score (nSPS) is 33.3. The number of esters is 5. The lowest BCUT2D eigenvalue weighted by atomic mass is 9.94. The van der Waals surface area contributed by atoms with Crippen molar-refractivity contribution < 1.29 is 95.4 Å². The van der Waals surface area contributed by atoms with Gasteiger partial charge in [-0.05, 0) is 88.6 Å². The van der Waals surface area contributed by atoms with Crippen molar-refractivity contribution in [1.29, 1.82) is 0 Å². The molecule has 20 heteroatoms. The van der Waals surface area contributed by atoms with Crippen molar-refractivity contribution in [2.45, 2.75) is 201 Å². The summed E-state index contributed by atoms with van der Waals surface area (Å²) in [7, 11) is 0. The van der Waals surface area contributed by atoms with E-state index in [0.29, 0.717) is 0 Å². The van der Waals surface area contributed by atoms with Crippen LogP contribution in [0.1, 0.15) is 102 Å². The minimum absolute atomic E-state index is 0.0426. The summed E-state index contributed by atoms with van der Waals surface area (Å²) in [6.45, 7) is 25.0. The number of hydrogen-bond donors (Lipinski definition) is 1. The Kier molecular flexibility index (Phi) is 18.8. The number of benzene rings is 1. The van der Waals surface area contributed by atoms with Gasteiger partial charge >= 0.3 is 29.8 Å². The minimum atomic E-state index is -1.77. The number of carbonyl (C=O) groups is 5. The first-order valence-corrected chi connectivity index (χ1v) is 23.6. The van der Waals surface area contributed by atoms with Gasteiger partial charge in [-0.1, -0.05) is 36.4 Å². The molecule has 4 aliphatic heterocycles. The molecule has 4 heterocycles. The van der Waals surface area contributed by atoms with Crippen LogP contribution in [0.4, 0.5) is 0 Å². The summed E-state index contributed by atoms with van der Waals surface area (Å²) in [4.78, 5) is 65.2. The fourth-order valence-electron chi connectivity index (χ4n) is 7.91. The second-order valence-corrected chi connectivity index (χ2v) is 21.4. The van der Waals surface area contributed by atoms with Gasteiger partial charge in [0, 0.05) is 13.8 Å². The molecule has 5 rings (SSSR count). The maximum atomic E-state index is 13.5. The molecule has 1 aromatic carbocycles. The molecule has 0 spiro atoms. The Bertz CT molecular complexity index is 1950. The molecule has 4 fully saturated rings. The molecule has 0 aromatic heterocycles.